The summed E-state index contributed by atoms with van der Waals surface area (Å²) in [6.07, 6.45) is 2.80. The first-order valence-corrected chi connectivity index (χ1v) is 8.57. The maximum atomic E-state index is 12.2. The lowest BCUT2D eigenvalue weighted by Crippen LogP contribution is -2.33. The van der Waals surface area contributed by atoms with Gasteiger partial charge in [-0.2, -0.15) is 0 Å². The van der Waals surface area contributed by atoms with Crippen LogP contribution in [0.3, 0.4) is 0 Å². The van der Waals surface area contributed by atoms with Crippen molar-refractivity contribution >= 4 is 16.8 Å². The van der Waals surface area contributed by atoms with Gasteiger partial charge >= 0.3 is 0 Å². The number of para-hydroxylation sites is 1. The van der Waals surface area contributed by atoms with Gasteiger partial charge in [0.25, 0.3) is 0 Å². The van der Waals surface area contributed by atoms with E-state index in [1.54, 1.807) is 6.92 Å². The van der Waals surface area contributed by atoms with Crippen molar-refractivity contribution in [3.05, 3.63) is 71.4 Å². The highest BCUT2D eigenvalue weighted by Gasteiger charge is 2.26. The van der Waals surface area contributed by atoms with Gasteiger partial charge in [-0.15, -0.1) is 0 Å². The first-order valence-electron chi connectivity index (χ1n) is 8.57. The predicted octanol–water partition coefficient (Wildman–Crippen LogP) is 3.43. The summed E-state index contributed by atoms with van der Waals surface area (Å²) in [5.41, 5.74) is 3.14. The van der Waals surface area contributed by atoms with Gasteiger partial charge in [0, 0.05) is 23.6 Å². The second kappa shape index (κ2) is 7.11. The van der Waals surface area contributed by atoms with E-state index >= 15 is 0 Å². The molecule has 0 aliphatic carbocycles. The number of H-pyrrole nitrogens is 1. The number of hydrogen-bond acceptors (Lipinski definition) is 2. The highest BCUT2D eigenvalue weighted by Crippen LogP contribution is 2.24. The number of carbonyl (C=O) groups is 1. The minimum atomic E-state index is -1.16. The van der Waals surface area contributed by atoms with Gasteiger partial charge in [0.05, 0.1) is 12.0 Å². The van der Waals surface area contributed by atoms with Crippen LogP contribution in [-0.2, 0) is 16.8 Å². The monoisotopic (exact) mass is 336 g/mol. The molecule has 25 heavy (non-hydrogen) atoms. The topological polar surface area (TPSA) is 65.1 Å². The molecule has 1 unspecified atom stereocenters. The molecule has 0 radical (unpaired) electrons. The van der Waals surface area contributed by atoms with Crippen molar-refractivity contribution in [3.63, 3.8) is 0 Å². The van der Waals surface area contributed by atoms with Crippen LogP contribution in [0.1, 0.15) is 30.0 Å². The molecular weight excluding hydrogens is 312 g/mol. The van der Waals surface area contributed by atoms with Gasteiger partial charge < -0.3 is 15.4 Å². The van der Waals surface area contributed by atoms with Crippen molar-refractivity contribution in [2.24, 2.45) is 0 Å². The van der Waals surface area contributed by atoms with E-state index in [1.807, 2.05) is 42.6 Å². The average Bonchev–Trinajstić information content (AvgIpc) is 3.00. The van der Waals surface area contributed by atoms with Gasteiger partial charge in [-0.25, -0.2) is 0 Å². The lowest BCUT2D eigenvalue weighted by Gasteiger charge is -2.23. The van der Waals surface area contributed by atoms with Crippen LogP contribution in [0.25, 0.3) is 10.9 Å². The molecule has 130 valence electrons. The molecule has 1 aromatic heterocycles. The van der Waals surface area contributed by atoms with Crippen LogP contribution in [0.15, 0.2) is 54.7 Å². The largest absolute Gasteiger partial charge is 0.385 e. The van der Waals surface area contributed by atoms with Crippen molar-refractivity contribution < 1.29 is 9.90 Å². The number of aromatic amines is 1. The van der Waals surface area contributed by atoms with Crippen molar-refractivity contribution in [2.45, 2.75) is 32.3 Å². The quantitative estimate of drug-likeness (QED) is 0.646. The fraction of sp³-hybridized carbons (Fsp3) is 0.286. The third kappa shape index (κ3) is 3.91. The number of amides is 1. The lowest BCUT2D eigenvalue weighted by molar-refractivity contribution is -0.125. The number of aromatic nitrogens is 1. The van der Waals surface area contributed by atoms with E-state index in [2.05, 4.69) is 29.4 Å². The third-order valence-corrected chi connectivity index (χ3v) is 4.63. The number of benzene rings is 2. The Kier molecular flexibility index (Phi) is 4.91. The molecule has 0 fully saturated rings. The number of aryl methyl sites for hydroxylation is 1. The van der Waals surface area contributed by atoms with Crippen molar-refractivity contribution in [2.75, 3.05) is 6.54 Å². The van der Waals surface area contributed by atoms with Crippen LogP contribution in [0.4, 0.5) is 0 Å². The van der Waals surface area contributed by atoms with E-state index < -0.39 is 5.60 Å². The molecule has 0 saturated carbocycles. The second-order valence-corrected chi connectivity index (χ2v) is 6.73. The van der Waals surface area contributed by atoms with Crippen LogP contribution in [-0.4, -0.2) is 22.5 Å². The van der Waals surface area contributed by atoms with Gasteiger partial charge in [-0.1, -0.05) is 48.5 Å². The molecule has 0 aliphatic heterocycles. The van der Waals surface area contributed by atoms with Gasteiger partial charge in [0.2, 0.25) is 5.91 Å². The van der Waals surface area contributed by atoms with E-state index in [0.29, 0.717) is 6.54 Å². The first-order chi connectivity index (χ1) is 12.0. The summed E-state index contributed by atoms with van der Waals surface area (Å²) in [5.74, 6) is -0.148. The minimum absolute atomic E-state index is 0.0456. The van der Waals surface area contributed by atoms with Crippen LogP contribution in [0.5, 0.6) is 0 Å². The zero-order valence-electron chi connectivity index (χ0n) is 14.7. The minimum Gasteiger partial charge on any atom is -0.385 e. The summed E-state index contributed by atoms with van der Waals surface area (Å²) in [5, 5.41) is 14.7. The Morgan fingerprint density at radius 2 is 1.92 bits per heavy atom. The van der Waals surface area contributed by atoms with Crippen molar-refractivity contribution in [1.29, 1.82) is 0 Å². The summed E-state index contributed by atoms with van der Waals surface area (Å²) in [6.45, 7) is 4.30. The average molecular weight is 336 g/mol. The Bertz CT molecular complexity index is 866. The van der Waals surface area contributed by atoms with Gasteiger partial charge in [-0.3, -0.25) is 4.79 Å². The molecule has 3 aromatic rings. The second-order valence-electron chi connectivity index (χ2n) is 6.73. The summed E-state index contributed by atoms with van der Waals surface area (Å²) in [4.78, 5) is 15.5. The summed E-state index contributed by atoms with van der Waals surface area (Å²) in [6, 6.07) is 15.5. The Morgan fingerprint density at radius 3 is 2.68 bits per heavy atom. The van der Waals surface area contributed by atoms with Crippen LogP contribution >= 0.6 is 0 Å². The molecule has 0 saturated heterocycles. The van der Waals surface area contributed by atoms with E-state index in [0.717, 1.165) is 17.5 Å². The summed E-state index contributed by atoms with van der Waals surface area (Å²) < 4.78 is 0. The third-order valence-electron chi connectivity index (χ3n) is 4.63. The van der Waals surface area contributed by atoms with Crippen LogP contribution < -0.4 is 5.32 Å². The maximum Gasteiger partial charge on any atom is 0.223 e. The molecule has 1 atom stereocenters. The van der Waals surface area contributed by atoms with Gasteiger partial charge in [0.1, 0.15) is 0 Å². The molecule has 2 aromatic carbocycles. The number of hydrogen-bond donors (Lipinski definition) is 3. The smallest absolute Gasteiger partial charge is 0.223 e. The molecule has 3 N–H and O–H groups in total. The molecule has 4 nitrogen and oxygen atoms in total. The highest BCUT2D eigenvalue weighted by atomic mass is 16.3. The Labute approximate surface area is 147 Å². The number of carbonyl (C=O) groups excluding carboxylic acids is 1. The predicted molar refractivity (Wildman–Crippen MR) is 100 cm³/mol. The Balaban J connectivity index is 1.56. The van der Waals surface area contributed by atoms with E-state index in [4.69, 9.17) is 0 Å². The number of rotatable bonds is 6. The SMILES string of the molecule is Cc1cccc2c(CCNC(=O)CC(C)(O)c3ccccc3)c[nH]c12. The van der Waals surface area contributed by atoms with E-state index in [1.165, 1.54) is 16.5 Å². The van der Waals surface area contributed by atoms with Crippen LogP contribution in [0, 0.1) is 6.92 Å². The molecule has 0 bridgehead atoms. The zero-order chi connectivity index (χ0) is 17.9. The molecule has 4 heteroatoms. The first kappa shape index (κ1) is 17.2. The van der Waals surface area contributed by atoms with Crippen molar-refractivity contribution in [1.82, 2.24) is 10.3 Å². The molecule has 0 aliphatic rings. The van der Waals surface area contributed by atoms with Crippen molar-refractivity contribution in [3.8, 4) is 0 Å². The fourth-order valence-corrected chi connectivity index (χ4v) is 3.18. The van der Waals surface area contributed by atoms with E-state index in [-0.39, 0.29) is 12.3 Å². The summed E-state index contributed by atoms with van der Waals surface area (Å²) >= 11 is 0. The Morgan fingerprint density at radius 1 is 1.16 bits per heavy atom. The normalized spacial score (nSPS) is 13.6. The van der Waals surface area contributed by atoms with Gasteiger partial charge in [0.15, 0.2) is 0 Å². The molecular formula is C21H24N2O2. The van der Waals surface area contributed by atoms with Crippen LogP contribution in [0.2, 0.25) is 0 Å². The lowest BCUT2D eigenvalue weighted by atomic mass is 9.92. The van der Waals surface area contributed by atoms with Gasteiger partial charge in [-0.05, 0) is 37.0 Å². The number of aliphatic hydroxyl groups is 1. The molecule has 1 amide bonds. The standard InChI is InChI=1S/C21H24N2O2/c1-15-7-6-10-18-16(14-23-20(15)18)11-12-22-19(24)13-21(2,25)17-8-4-3-5-9-17/h3-10,14,23,25H,11-13H2,1-2H3,(H,22,24). The molecule has 1 heterocycles. The number of nitrogens with one attached hydrogen (secondary N) is 2. The molecule has 0 spiro atoms. The zero-order valence-corrected chi connectivity index (χ0v) is 14.7. The molecule has 3 rings (SSSR count). The van der Waals surface area contributed by atoms with E-state index in [9.17, 15) is 9.90 Å². The summed E-state index contributed by atoms with van der Waals surface area (Å²) in [7, 11) is 0. The highest BCUT2D eigenvalue weighted by molar-refractivity contribution is 5.86. The maximum absolute atomic E-state index is 12.2. The number of fused-ring (bicyclic) bond motifs is 1. The Hall–Kier alpha value is -2.59. The fourth-order valence-electron chi connectivity index (χ4n) is 3.18.